The molecule has 0 radical (unpaired) electrons. The molecule has 2 nitrogen and oxygen atoms in total. The Morgan fingerprint density at radius 2 is 2.06 bits per heavy atom. The number of rotatable bonds is 2. The highest BCUT2D eigenvalue weighted by Crippen LogP contribution is 2.43. The fourth-order valence-electron chi connectivity index (χ4n) is 3.54. The van der Waals surface area contributed by atoms with Crippen molar-refractivity contribution in [2.75, 3.05) is 0 Å². The lowest BCUT2D eigenvalue weighted by Gasteiger charge is -2.30. The fourth-order valence-corrected chi connectivity index (χ4v) is 3.54. The monoisotopic (exact) mass is 216 g/mol. The van der Waals surface area contributed by atoms with Crippen LogP contribution < -0.4 is 5.73 Å². The smallest absolute Gasteiger partial charge is 0.0298 e. The standard InChI is InChI=1S/C14H20N2/c1-14(15)9-12-7-8-13(14)16(12)10-11-5-3-2-4-6-11/h2-6,12-13H,7-10,15H2,1H3/t12-,13+,14+/m0/s1. The van der Waals surface area contributed by atoms with Crippen LogP contribution in [0.15, 0.2) is 30.3 Å². The molecule has 2 N–H and O–H groups in total. The average Bonchev–Trinajstić information content (AvgIpc) is 2.73. The molecule has 0 aliphatic carbocycles. The molecule has 0 unspecified atom stereocenters. The maximum Gasteiger partial charge on any atom is 0.0298 e. The summed E-state index contributed by atoms with van der Waals surface area (Å²) >= 11 is 0. The molecule has 2 aliphatic rings. The predicted octanol–water partition coefficient (Wildman–Crippen LogP) is 2.14. The van der Waals surface area contributed by atoms with Crippen molar-refractivity contribution in [1.29, 1.82) is 0 Å². The second kappa shape index (κ2) is 3.57. The highest BCUT2D eigenvalue weighted by molar-refractivity contribution is 5.18. The number of benzene rings is 1. The summed E-state index contributed by atoms with van der Waals surface area (Å²) in [6.07, 6.45) is 3.79. The van der Waals surface area contributed by atoms with Gasteiger partial charge in [0.15, 0.2) is 0 Å². The molecule has 16 heavy (non-hydrogen) atoms. The second-order valence-corrected chi connectivity index (χ2v) is 5.61. The van der Waals surface area contributed by atoms with Crippen LogP contribution in [0.2, 0.25) is 0 Å². The van der Waals surface area contributed by atoms with Crippen molar-refractivity contribution in [2.45, 2.75) is 50.4 Å². The quantitative estimate of drug-likeness (QED) is 0.820. The first-order valence-electron chi connectivity index (χ1n) is 6.25. The molecule has 2 bridgehead atoms. The zero-order chi connectivity index (χ0) is 11.2. The van der Waals surface area contributed by atoms with Crippen molar-refractivity contribution in [1.82, 2.24) is 4.90 Å². The molecule has 1 aromatic rings. The van der Waals surface area contributed by atoms with Gasteiger partial charge in [0.1, 0.15) is 0 Å². The minimum absolute atomic E-state index is 0.0394. The van der Waals surface area contributed by atoms with Gasteiger partial charge in [0.2, 0.25) is 0 Å². The molecular weight excluding hydrogens is 196 g/mol. The lowest BCUT2D eigenvalue weighted by molar-refractivity contribution is 0.220. The second-order valence-electron chi connectivity index (χ2n) is 5.61. The predicted molar refractivity (Wildman–Crippen MR) is 66.0 cm³/mol. The van der Waals surface area contributed by atoms with E-state index in [1.54, 1.807) is 0 Å². The Bertz CT molecular complexity index is 372. The molecule has 2 aliphatic heterocycles. The summed E-state index contributed by atoms with van der Waals surface area (Å²) < 4.78 is 0. The Hall–Kier alpha value is -0.860. The van der Waals surface area contributed by atoms with Gasteiger partial charge in [-0.3, -0.25) is 4.90 Å². The molecule has 2 saturated heterocycles. The summed E-state index contributed by atoms with van der Waals surface area (Å²) in [6.45, 7) is 3.29. The van der Waals surface area contributed by atoms with Crippen molar-refractivity contribution in [2.24, 2.45) is 5.73 Å². The van der Waals surface area contributed by atoms with E-state index in [2.05, 4.69) is 42.2 Å². The molecule has 3 atom stereocenters. The highest BCUT2D eigenvalue weighted by Gasteiger charge is 2.50. The van der Waals surface area contributed by atoms with Crippen LogP contribution in [-0.2, 0) is 6.54 Å². The SMILES string of the molecule is C[C@@]1(N)C[C@@H]2CC[C@H]1N2Cc1ccccc1. The van der Waals surface area contributed by atoms with Crippen molar-refractivity contribution in [3.63, 3.8) is 0 Å². The van der Waals surface area contributed by atoms with E-state index in [9.17, 15) is 0 Å². The van der Waals surface area contributed by atoms with Crippen molar-refractivity contribution < 1.29 is 0 Å². The van der Waals surface area contributed by atoms with E-state index < -0.39 is 0 Å². The summed E-state index contributed by atoms with van der Waals surface area (Å²) in [6, 6.07) is 12.1. The Balaban J connectivity index is 1.78. The van der Waals surface area contributed by atoms with E-state index in [1.165, 1.54) is 24.8 Å². The maximum absolute atomic E-state index is 6.37. The molecule has 86 valence electrons. The van der Waals surface area contributed by atoms with Gasteiger partial charge in [0, 0.05) is 24.2 Å². The first-order chi connectivity index (χ1) is 7.67. The Morgan fingerprint density at radius 1 is 1.31 bits per heavy atom. The summed E-state index contributed by atoms with van der Waals surface area (Å²) in [4.78, 5) is 2.62. The molecule has 0 spiro atoms. The number of nitrogens with two attached hydrogens (primary N) is 1. The Morgan fingerprint density at radius 3 is 2.62 bits per heavy atom. The molecule has 0 amide bonds. The van der Waals surface area contributed by atoms with Gasteiger partial charge in [-0.25, -0.2) is 0 Å². The van der Waals surface area contributed by atoms with Crippen LogP contribution in [0.1, 0.15) is 31.7 Å². The molecule has 2 fully saturated rings. The molecule has 2 heterocycles. The first-order valence-corrected chi connectivity index (χ1v) is 6.25. The van der Waals surface area contributed by atoms with E-state index in [1.807, 2.05) is 0 Å². The highest BCUT2D eigenvalue weighted by atomic mass is 15.3. The first kappa shape index (κ1) is 10.3. The molecule has 0 saturated carbocycles. The maximum atomic E-state index is 6.37. The molecule has 3 rings (SSSR count). The van der Waals surface area contributed by atoms with Crippen LogP contribution in [0.5, 0.6) is 0 Å². The van der Waals surface area contributed by atoms with Crippen LogP contribution in [0.4, 0.5) is 0 Å². The summed E-state index contributed by atoms with van der Waals surface area (Å²) in [5.41, 5.74) is 7.82. The van der Waals surface area contributed by atoms with Gasteiger partial charge >= 0.3 is 0 Å². The van der Waals surface area contributed by atoms with Gasteiger partial charge in [-0.2, -0.15) is 0 Å². The van der Waals surface area contributed by atoms with Gasteiger partial charge in [-0.1, -0.05) is 30.3 Å². The van der Waals surface area contributed by atoms with E-state index in [4.69, 9.17) is 5.73 Å². The van der Waals surface area contributed by atoms with Gasteiger partial charge in [-0.05, 0) is 31.7 Å². The third-order valence-corrected chi connectivity index (χ3v) is 4.29. The van der Waals surface area contributed by atoms with Crippen LogP contribution in [0.25, 0.3) is 0 Å². The number of hydrogen-bond donors (Lipinski definition) is 1. The van der Waals surface area contributed by atoms with Gasteiger partial charge < -0.3 is 5.73 Å². The third kappa shape index (κ3) is 1.57. The Labute approximate surface area is 97.4 Å². The minimum Gasteiger partial charge on any atom is -0.324 e. The van der Waals surface area contributed by atoms with Gasteiger partial charge in [0.25, 0.3) is 0 Å². The zero-order valence-electron chi connectivity index (χ0n) is 9.89. The molecule has 2 heteroatoms. The third-order valence-electron chi connectivity index (χ3n) is 4.29. The Kier molecular flexibility index (Phi) is 2.30. The van der Waals surface area contributed by atoms with E-state index >= 15 is 0 Å². The van der Waals surface area contributed by atoms with E-state index in [-0.39, 0.29) is 5.54 Å². The topological polar surface area (TPSA) is 29.3 Å². The van der Waals surface area contributed by atoms with Gasteiger partial charge in [-0.15, -0.1) is 0 Å². The number of nitrogens with zero attached hydrogens (tertiary/aromatic N) is 1. The molecule has 0 aromatic heterocycles. The van der Waals surface area contributed by atoms with Crippen LogP contribution in [-0.4, -0.2) is 22.5 Å². The molecular formula is C14H20N2. The average molecular weight is 216 g/mol. The van der Waals surface area contributed by atoms with E-state index in [0.717, 1.165) is 12.6 Å². The largest absolute Gasteiger partial charge is 0.324 e. The number of fused-ring (bicyclic) bond motifs is 2. The summed E-state index contributed by atoms with van der Waals surface area (Å²) in [5, 5.41) is 0. The van der Waals surface area contributed by atoms with Crippen molar-refractivity contribution in [3.05, 3.63) is 35.9 Å². The van der Waals surface area contributed by atoms with Crippen LogP contribution >= 0.6 is 0 Å². The summed E-state index contributed by atoms with van der Waals surface area (Å²) in [5.74, 6) is 0. The summed E-state index contributed by atoms with van der Waals surface area (Å²) in [7, 11) is 0. The lowest BCUT2D eigenvalue weighted by Crippen LogP contribution is -2.48. The van der Waals surface area contributed by atoms with Crippen LogP contribution in [0, 0.1) is 0 Å². The van der Waals surface area contributed by atoms with Crippen LogP contribution in [0.3, 0.4) is 0 Å². The fraction of sp³-hybridized carbons (Fsp3) is 0.571. The van der Waals surface area contributed by atoms with Crippen molar-refractivity contribution >= 4 is 0 Å². The lowest BCUT2D eigenvalue weighted by atomic mass is 9.84. The van der Waals surface area contributed by atoms with Crippen molar-refractivity contribution in [3.8, 4) is 0 Å². The zero-order valence-corrected chi connectivity index (χ0v) is 9.89. The minimum atomic E-state index is 0.0394. The van der Waals surface area contributed by atoms with Gasteiger partial charge in [0.05, 0.1) is 0 Å². The number of hydrogen-bond acceptors (Lipinski definition) is 2. The van der Waals surface area contributed by atoms with E-state index in [0.29, 0.717) is 6.04 Å². The molecule has 1 aromatic carbocycles. The normalized spacial score (nSPS) is 38.1.